The maximum atomic E-state index is 11.5. The van der Waals surface area contributed by atoms with Gasteiger partial charge in [0.25, 0.3) is 5.91 Å². The predicted molar refractivity (Wildman–Crippen MR) is 67.1 cm³/mol. The van der Waals surface area contributed by atoms with Gasteiger partial charge in [0.15, 0.2) is 0 Å². The van der Waals surface area contributed by atoms with Crippen LogP contribution >= 0.6 is 0 Å². The van der Waals surface area contributed by atoms with Crippen molar-refractivity contribution in [3.8, 4) is 0 Å². The van der Waals surface area contributed by atoms with Crippen LogP contribution in [0.15, 0.2) is 24.3 Å². The first-order valence-corrected chi connectivity index (χ1v) is 5.55. The van der Waals surface area contributed by atoms with E-state index in [0.29, 0.717) is 17.8 Å². The van der Waals surface area contributed by atoms with Crippen LogP contribution in [0.1, 0.15) is 23.7 Å². The quantitative estimate of drug-likeness (QED) is 0.741. The van der Waals surface area contributed by atoms with Crippen molar-refractivity contribution in [1.82, 2.24) is 10.6 Å². The van der Waals surface area contributed by atoms with Crippen molar-refractivity contribution in [2.24, 2.45) is 0 Å². The number of nitrogens with one attached hydrogen (secondary N) is 3. The normalized spacial score (nSPS) is 9.53. The number of benzene rings is 1. The summed E-state index contributed by atoms with van der Waals surface area (Å²) in [6.45, 7) is 2.58. The monoisotopic (exact) mass is 235 g/mol. The summed E-state index contributed by atoms with van der Waals surface area (Å²) in [7, 11) is 1.55. The minimum Gasteiger partial charge on any atom is -0.355 e. The Balaban J connectivity index is 2.76. The van der Waals surface area contributed by atoms with Crippen molar-refractivity contribution in [2.45, 2.75) is 13.3 Å². The molecule has 0 radical (unpaired) electrons. The van der Waals surface area contributed by atoms with Crippen molar-refractivity contribution >= 4 is 17.6 Å². The molecule has 0 bridgehead atoms. The highest BCUT2D eigenvalue weighted by molar-refractivity contribution is 6.03. The fourth-order valence-electron chi connectivity index (χ4n) is 1.33. The van der Waals surface area contributed by atoms with E-state index in [1.165, 1.54) is 0 Å². The lowest BCUT2D eigenvalue weighted by atomic mass is 10.1. The summed E-state index contributed by atoms with van der Waals surface area (Å²) < 4.78 is 0. The van der Waals surface area contributed by atoms with E-state index in [9.17, 15) is 9.59 Å². The number of hydrogen-bond donors (Lipinski definition) is 3. The number of carbonyl (C=O) groups is 2. The lowest BCUT2D eigenvalue weighted by molar-refractivity contribution is 0.0964. The fourth-order valence-corrected chi connectivity index (χ4v) is 1.33. The molecule has 92 valence electrons. The van der Waals surface area contributed by atoms with Crippen molar-refractivity contribution in [2.75, 3.05) is 18.9 Å². The molecule has 3 amide bonds. The Labute approximate surface area is 101 Å². The molecule has 0 aliphatic carbocycles. The Morgan fingerprint density at radius 2 is 1.94 bits per heavy atom. The molecule has 0 spiro atoms. The topological polar surface area (TPSA) is 70.2 Å². The average Bonchev–Trinajstić information content (AvgIpc) is 2.36. The van der Waals surface area contributed by atoms with Gasteiger partial charge in [-0.2, -0.15) is 0 Å². The van der Waals surface area contributed by atoms with E-state index < -0.39 is 0 Å². The van der Waals surface area contributed by atoms with Crippen LogP contribution in [0.3, 0.4) is 0 Å². The van der Waals surface area contributed by atoms with Crippen LogP contribution in [0, 0.1) is 0 Å². The molecule has 0 unspecified atom stereocenters. The number of hydrogen-bond acceptors (Lipinski definition) is 2. The molecule has 17 heavy (non-hydrogen) atoms. The predicted octanol–water partition coefficient (Wildman–Crippen LogP) is 1.58. The zero-order chi connectivity index (χ0) is 12.7. The second-order valence-electron chi connectivity index (χ2n) is 3.51. The molecular weight excluding hydrogens is 218 g/mol. The summed E-state index contributed by atoms with van der Waals surface area (Å²) in [4.78, 5) is 23.0. The van der Waals surface area contributed by atoms with Crippen LogP contribution in [0.2, 0.25) is 0 Å². The summed E-state index contributed by atoms with van der Waals surface area (Å²) >= 11 is 0. The molecule has 0 heterocycles. The number of rotatable bonds is 4. The van der Waals surface area contributed by atoms with Gasteiger partial charge in [-0.3, -0.25) is 4.79 Å². The zero-order valence-corrected chi connectivity index (χ0v) is 10.0. The standard InChI is InChI=1S/C12H17N3O2/c1-3-8-14-12(17)15-10-7-5-4-6-9(10)11(16)13-2/h4-7H,3,8H2,1-2H3,(H,13,16)(H2,14,15,17). The first-order valence-electron chi connectivity index (χ1n) is 5.55. The highest BCUT2D eigenvalue weighted by Gasteiger charge is 2.10. The summed E-state index contributed by atoms with van der Waals surface area (Å²) in [6, 6.07) is 6.56. The lowest BCUT2D eigenvalue weighted by Crippen LogP contribution is -2.30. The molecule has 1 rings (SSSR count). The first kappa shape index (κ1) is 13.0. The van der Waals surface area contributed by atoms with Crippen LogP contribution in [0.25, 0.3) is 0 Å². The number of anilines is 1. The maximum absolute atomic E-state index is 11.5. The van der Waals surface area contributed by atoms with Gasteiger partial charge in [-0.1, -0.05) is 19.1 Å². The minimum absolute atomic E-state index is 0.226. The van der Waals surface area contributed by atoms with Crippen molar-refractivity contribution in [3.05, 3.63) is 29.8 Å². The third kappa shape index (κ3) is 3.79. The van der Waals surface area contributed by atoms with E-state index in [-0.39, 0.29) is 11.9 Å². The van der Waals surface area contributed by atoms with Crippen LogP contribution < -0.4 is 16.0 Å². The van der Waals surface area contributed by atoms with E-state index >= 15 is 0 Å². The zero-order valence-electron chi connectivity index (χ0n) is 10.0. The van der Waals surface area contributed by atoms with E-state index in [1.807, 2.05) is 6.92 Å². The van der Waals surface area contributed by atoms with Crippen LogP contribution in [0.5, 0.6) is 0 Å². The largest absolute Gasteiger partial charge is 0.355 e. The van der Waals surface area contributed by atoms with Gasteiger partial charge in [-0.05, 0) is 18.6 Å². The summed E-state index contributed by atoms with van der Waals surface area (Å²) in [5.41, 5.74) is 0.946. The maximum Gasteiger partial charge on any atom is 0.319 e. The molecular formula is C12H17N3O2. The summed E-state index contributed by atoms with van der Waals surface area (Å²) in [5.74, 6) is -0.226. The van der Waals surface area contributed by atoms with Gasteiger partial charge in [0, 0.05) is 13.6 Å². The van der Waals surface area contributed by atoms with Gasteiger partial charge in [0.05, 0.1) is 11.3 Å². The van der Waals surface area contributed by atoms with Crippen LogP contribution in [-0.4, -0.2) is 25.5 Å². The number of urea groups is 1. The Hall–Kier alpha value is -2.04. The highest BCUT2D eigenvalue weighted by atomic mass is 16.2. The van der Waals surface area contributed by atoms with Crippen LogP contribution in [0.4, 0.5) is 10.5 Å². The van der Waals surface area contributed by atoms with Gasteiger partial charge in [-0.25, -0.2) is 4.79 Å². The molecule has 5 heteroatoms. The molecule has 3 N–H and O–H groups in total. The number of amides is 3. The molecule has 0 fully saturated rings. The smallest absolute Gasteiger partial charge is 0.319 e. The second-order valence-corrected chi connectivity index (χ2v) is 3.51. The molecule has 0 saturated carbocycles. The Bertz CT molecular complexity index is 404. The number of para-hydroxylation sites is 1. The molecule has 1 aromatic carbocycles. The summed E-state index contributed by atoms with van der Waals surface area (Å²) in [6.07, 6.45) is 0.866. The molecule has 5 nitrogen and oxygen atoms in total. The number of carbonyl (C=O) groups excluding carboxylic acids is 2. The van der Waals surface area contributed by atoms with E-state index in [2.05, 4.69) is 16.0 Å². The Kier molecular flexibility index (Phi) is 5.00. The Morgan fingerprint density at radius 3 is 2.59 bits per heavy atom. The summed E-state index contributed by atoms with van der Waals surface area (Å²) in [5, 5.41) is 7.86. The highest BCUT2D eigenvalue weighted by Crippen LogP contribution is 2.14. The first-order chi connectivity index (χ1) is 8.19. The Morgan fingerprint density at radius 1 is 1.24 bits per heavy atom. The SMILES string of the molecule is CCCNC(=O)Nc1ccccc1C(=O)NC. The van der Waals surface area contributed by atoms with Gasteiger partial charge < -0.3 is 16.0 Å². The van der Waals surface area contributed by atoms with Crippen molar-refractivity contribution < 1.29 is 9.59 Å². The molecule has 0 aromatic heterocycles. The van der Waals surface area contributed by atoms with Gasteiger partial charge >= 0.3 is 6.03 Å². The molecule has 0 atom stereocenters. The average molecular weight is 235 g/mol. The van der Waals surface area contributed by atoms with Crippen molar-refractivity contribution in [3.63, 3.8) is 0 Å². The van der Waals surface area contributed by atoms with Crippen molar-refractivity contribution in [1.29, 1.82) is 0 Å². The van der Waals surface area contributed by atoms with Gasteiger partial charge in [0.1, 0.15) is 0 Å². The third-order valence-corrected chi connectivity index (χ3v) is 2.18. The van der Waals surface area contributed by atoms with Gasteiger partial charge in [-0.15, -0.1) is 0 Å². The van der Waals surface area contributed by atoms with Gasteiger partial charge in [0.2, 0.25) is 0 Å². The fraction of sp³-hybridized carbons (Fsp3) is 0.333. The van der Waals surface area contributed by atoms with E-state index in [0.717, 1.165) is 6.42 Å². The van der Waals surface area contributed by atoms with Crippen LogP contribution in [-0.2, 0) is 0 Å². The molecule has 1 aromatic rings. The third-order valence-electron chi connectivity index (χ3n) is 2.18. The minimum atomic E-state index is -0.303. The second kappa shape index (κ2) is 6.52. The molecule has 0 saturated heterocycles. The van der Waals surface area contributed by atoms with E-state index in [4.69, 9.17) is 0 Å². The molecule has 0 aliphatic heterocycles. The molecule has 0 aliphatic rings. The lowest BCUT2D eigenvalue weighted by Gasteiger charge is -2.10. The van der Waals surface area contributed by atoms with E-state index in [1.54, 1.807) is 31.3 Å².